The maximum absolute atomic E-state index is 12.2. The summed E-state index contributed by atoms with van der Waals surface area (Å²) in [6.07, 6.45) is 0. The topological polar surface area (TPSA) is 126 Å². The molecule has 0 saturated heterocycles. The molecule has 9 nitrogen and oxygen atoms in total. The van der Waals surface area contributed by atoms with Crippen LogP contribution in [0.2, 0.25) is 0 Å². The van der Waals surface area contributed by atoms with E-state index in [2.05, 4.69) is 30.9 Å². The Morgan fingerprint density at radius 3 is 0.852 bits per heavy atom. The molecule has 0 aromatic carbocycles. The molecule has 0 saturated carbocycles. The lowest BCUT2D eigenvalue weighted by Crippen LogP contribution is -2.32. The van der Waals surface area contributed by atoms with Gasteiger partial charge in [-0.1, -0.05) is 62.3 Å². The van der Waals surface area contributed by atoms with Gasteiger partial charge in [0.25, 0.3) is 0 Å². The van der Waals surface area contributed by atoms with Crippen LogP contribution in [0.4, 0.5) is 17.8 Å². The molecule has 0 unspecified atom stereocenters. The Hall–Kier alpha value is -2.58. The van der Waals surface area contributed by atoms with Crippen LogP contribution in [-0.2, 0) is 14.4 Å². The number of carbonyl (C=O) groups is 3. The van der Waals surface area contributed by atoms with Crippen LogP contribution in [0, 0.1) is 16.2 Å². The zero-order valence-corrected chi connectivity index (χ0v) is 17.6. The van der Waals surface area contributed by atoms with E-state index in [0.29, 0.717) is 0 Å². The smallest absolute Gasteiger partial charge is 0.236 e. The Bertz CT molecular complexity index is 627. The van der Waals surface area contributed by atoms with Crippen molar-refractivity contribution in [2.45, 2.75) is 62.3 Å². The third-order valence-corrected chi connectivity index (χ3v) is 3.35. The van der Waals surface area contributed by atoms with Gasteiger partial charge in [0.05, 0.1) is 0 Å². The van der Waals surface area contributed by atoms with E-state index in [9.17, 15) is 14.4 Å². The number of anilines is 3. The van der Waals surface area contributed by atoms with Crippen LogP contribution in [0.1, 0.15) is 62.3 Å². The normalized spacial score (nSPS) is 12.3. The molecule has 3 amide bonds. The number of hydrogen-bond acceptors (Lipinski definition) is 6. The fourth-order valence-corrected chi connectivity index (χ4v) is 1.41. The predicted octanol–water partition coefficient (Wildman–Crippen LogP) is 2.83. The summed E-state index contributed by atoms with van der Waals surface area (Å²) in [5.74, 6) is -1.10. The molecule has 150 valence electrons. The molecular formula is C18H30N6O3. The van der Waals surface area contributed by atoms with Crippen molar-refractivity contribution in [3.8, 4) is 0 Å². The minimum atomic E-state index is -0.670. The van der Waals surface area contributed by atoms with Gasteiger partial charge in [-0.15, -0.1) is 0 Å². The summed E-state index contributed by atoms with van der Waals surface area (Å²) >= 11 is 0. The van der Waals surface area contributed by atoms with Gasteiger partial charge in [-0.25, -0.2) is 0 Å². The molecule has 0 atom stereocenters. The third-order valence-electron chi connectivity index (χ3n) is 3.35. The molecule has 0 aliphatic heterocycles. The molecule has 0 fully saturated rings. The lowest BCUT2D eigenvalue weighted by atomic mass is 9.96. The zero-order valence-electron chi connectivity index (χ0n) is 17.6. The number of amides is 3. The summed E-state index contributed by atoms with van der Waals surface area (Å²) in [5.41, 5.74) is -2.01. The van der Waals surface area contributed by atoms with Gasteiger partial charge in [0.2, 0.25) is 35.6 Å². The fourth-order valence-electron chi connectivity index (χ4n) is 1.41. The number of nitrogens with zero attached hydrogens (tertiary/aromatic N) is 3. The van der Waals surface area contributed by atoms with E-state index in [1.165, 1.54) is 0 Å². The van der Waals surface area contributed by atoms with E-state index in [0.717, 1.165) is 0 Å². The second-order valence-corrected chi connectivity index (χ2v) is 9.42. The molecule has 0 aliphatic rings. The van der Waals surface area contributed by atoms with E-state index < -0.39 is 16.2 Å². The molecule has 0 radical (unpaired) electrons. The van der Waals surface area contributed by atoms with E-state index in [-0.39, 0.29) is 35.6 Å². The zero-order chi connectivity index (χ0) is 21.2. The van der Waals surface area contributed by atoms with Crippen LogP contribution in [-0.4, -0.2) is 32.7 Å². The minimum absolute atomic E-state index is 0.0571. The van der Waals surface area contributed by atoms with Crippen LogP contribution in [0.15, 0.2) is 0 Å². The Kier molecular flexibility index (Phi) is 6.30. The SMILES string of the molecule is CC(C)(C)C(=O)Nc1nc(NC(=O)C(C)(C)C)nc(NC(=O)C(C)(C)C)n1. The van der Waals surface area contributed by atoms with Crippen molar-refractivity contribution in [1.82, 2.24) is 15.0 Å². The number of rotatable bonds is 3. The van der Waals surface area contributed by atoms with Crippen molar-refractivity contribution in [3.63, 3.8) is 0 Å². The molecule has 1 aromatic rings. The predicted molar refractivity (Wildman–Crippen MR) is 104 cm³/mol. The highest BCUT2D eigenvalue weighted by Gasteiger charge is 2.26. The van der Waals surface area contributed by atoms with Gasteiger partial charge in [0.1, 0.15) is 0 Å². The minimum Gasteiger partial charge on any atom is -0.294 e. The van der Waals surface area contributed by atoms with Crippen molar-refractivity contribution >= 4 is 35.6 Å². The lowest BCUT2D eigenvalue weighted by Gasteiger charge is -2.20. The number of hydrogen-bond donors (Lipinski definition) is 3. The standard InChI is InChI=1S/C18H30N6O3/c1-16(2,3)10(25)19-13-22-14(20-11(26)17(4,5)6)24-15(23-13)21-12(27)18(7,8)9/h1-9H3,(H3,19,20,21,22,23,24,25,26,27). The maximum atomic E-state index is 12.2. The highest BCUT2D eigenvalue weighted by Crippen LogP contribution is 2.20. The van der Waals surface area contributed by atoms with Crippen molar-refractivity contribution < 1.29 is 14.4 Å². The molecule has 0 spiro atoms. The lowest BCUT2D eigenvalue weighted by molar-refractivity contribution is -0.123. The van der Waals surface area contributed by atoms with E-state index in [1.807, 2.05) is 0 Å². The number of carbonyl (C=O) groups excluding carboxylic acids is 3. The Labute approximate surface area is 160 Å². The first-order chi connectivity index (χ1) is 12.0. The Balaban J connectivity index is 3.24. The highest BCUT2D eigenvalue weighted by molar-refractivity contribution is 5.96. The summed E-state index contributed by atoms with van der Waals surface area (Å²) in [5, 5.41) is 7.75. The summed E-state index contributed by atoms with van der Waals surface area (Å²) in [4.78, 5) is 48.9. The van der Waals surface area contributed by atoms with E-state index in [1.54, 1.807) is 62.3 Å². The molecule has 1 heterocycles. The average molecular weight is 378 g/mol. The summed E-state index contributed by atoms with van der Waals surface area (Å²) < 4.78 is 0. The fraction of sp³-hybridized carbons (Fsp3) is 0.667. The molecule has 1 aromatic heterocycles. The van der Waals surface area contributed by atoms with Gasteiger partial charge in [0, 0.05) is 16.2 Å². The molecule has 27 heavy (non-hydrogen) atoms. The Morgan fingerprint density at radius 1 is 0.519 bits per heavy atom. The van der Waals surface area contributed by atoms with Crippen molar-refractivity contribution in [2.75, 3.05) is 16.0 Å². The van der Waals surface area contributed by atoms with Crippen molar-refractivity contribution in [2.24, 2.45) is 16.2 Å². The van der Waals surface area contributed by atoms with E-state index in [4.69, 9.17) is 0 Å². The first kappa shape index (κ1) is 22.5. The molecular weight excluding hydrogens is 348 g/mol. The number of nitrogens with one attached hydrogen (secondary N) is 3. The van der Waals surface area contributed by atoms with Crippen LogP contribution >= 0.6 is 0 Å². The second-order valence-electron chi connectivity index (χ2n) is 9.42. The van der Waals surface area contributed by atoms with Crippen LogP contribution in [0.3, 0.4) is 0 Å². The number of aromatic nitrogens is 3. The largest absolute Gasteiger partial charge is 0.294 e. The molecule has 0 bridgehead atoms. The van der Waals surface area contributed by atoms with Gasteiger partial charge in [-0.2, -0.15) is 15.0 Å². The highest BCUT2D eigenvalue weighted by atomic mass is 16.2. The van der Waals surface area contributed by atoms with Gasteiger partial charge in [0.15, 0.2) is 0 Å². The van der Waals surface area contributed by atoms with E-state index >= 15 is 0 Å². The quantitative estimate of drug-likeness (QED) is 0.742. The first-order valence-corrected chi connectivity index (χ1v) is 8.70. The third kappa shape index (κ3) is 6.92. The second kappa shape index (κ2) is 7.58. The van der Waals surface area contributed by atoms with Crippen LogP contribution in [0.25, 0.3) is 0 Å². The molecule has 3 N–H and O–H groups in total. The molecule has 0 aliphatic carbocycles. The van der Waals surface area contributed by atoms with Gasteiger partial charge < -0.3 is 0 Å². The van der Waals surface area contributed by atoms with Gasteiger partial charge >= 0.3 is 0 Å². The van der Waals surface area contributed by atoms with Crippen molar-refractivity contribution in [1.29, 1.82) is 0 Å². The maximum Gasteiger partial charge on any atom is 0.236 e. The van der Waals surface area contributed by atoms with Gasteiger partial charge in [-0.3, -0.25) is 30.3 Å². The molecule has 1 rings (SSSR count). The van der Waals surface area contributed by atoms with Gasteiger partial charge in [-0.05, 0) is 0 Å². The molecule has 9 heteroatoms. The summed E-state index contributed by atoms with van der Waals surface area (Å²) in [7, 11) is 0. The summed E-state index contributed by atoms with van der Waals surface area (Å²) in [6, 6.07) is 0. The first-order valence-electron chi connectivity index (χ1n) is 8.70. The average Bonchev–Trinajstić information content (AvgIpc) is 2.43. The van der Waals surface area contributed by atoms with Crippen LogP contribution < -0.4 is 16.0 Å². The van der Waals surface area contributed by atoms with Crippen molar-refractivity contribution in [3.05, 3.63) is 0 Å². The Morgan fingerprint density at radius 2 is 0.704 bits per heavy atom. The monoisotopic (exact) mass is 378 g/mol. The van der Waals surface area contributed by atoms with Crippen LogP contribution in [0.5, 0.6) is 0 Å². The summed E-state index contributed by atoms with van der Waals surface area (Å²) in [6.45, 7) is 15.7.